The predicted octanol–water partition coefficient (Wildman–Crippen LogP) is -0.896. The zero-order chi connectivity index (χ0) is 17.7. The van der Waals surface area contributed by atoms with Gasteiger partial charge in [-0.05, 0) is 6.92 Å². The van der Waals surface area contributed by atoms with Gasteiger partial charge in [-0.25, -0.2) is 18.0 Å². The van der Waals surface area contributed by atoms with E-state index in [0.29, 0.717) is 39.3 Å². The van der Waals surface area contributed by atoms with Gasteiger partial charge in [-0.2, -0.15) is 0 Å². The summed E-state index contributed by atoms with van der Waals surface area (Å²) >= 11 is 0. The molecule has 0 bridgehead atoms. The Balaban J connectivity index is 0.000000841. The van der Waals surface area contributed by atoms with Crippen molar-refractivity contribution < 1.29 is 36.9 Å². The monoisotopic (exact) mass is 354 g/mol. The second-order valence-corrected chi connectivity index (χ2v) is 5.92. The molecule has 10 heteroatoms. The lowest BCUT2D eigenvalue weighted by atomic mass is 10.3. The number of nitrogens with zero attached hydrogens (tertiary/aromatic N) is 1. The molecule has 1 unspecified atom stereocenters. The normalized spacial score (nSPS) is 12.6. The number of aromatic nitrogens is 2. The van der Waals surface area contributed by atoms with Crippen molar-refractivity contribution in [3.05, 3.63) is 18.2 Å². The Labute approximate surface area is 136 Å². The number of ether oxygens (including phenoxy) is 3. The standard InChI is InChI=1S/C12H22N2O4.CH4O3S/c1-3-18-11(12-13-4-5-14(12)2)10-17-9-8-16-7-6-15;1-5(2,3)4/h4-5,11,15H,3,6-10H2,1-2H3;1H3,(H,2,3,4). The minimum atomic E-state index is -3.92. The second-order valence-electron chi connectivity index (χ2n) is 4.52. The largest absolute Gasteiger partial charge is 0.748 e. The molecule has 136 valence electrons. The molecule has 1 heterocycles. The van der Waals surface area contributed by atoms with Crippen LogP contribution in [0, 0.1) is 0 Å². The number of imidazole rings is 1. The van der Waals surface area contributed by atoms with Gasteiger partial charge in [-0.1, -0.05) is 0 Å². The van der Waals surface area contributed by atoms with Crippen LogP contribution in [0.25, 0.3) is 0 Å². The maximum absolute atomic E-state index is 9.08. The quantitative estimate of drug-likeness (QED) is 0.317. The van der Waals surface area contributed by atoms with Crippen LogP contribution in [0.3, 0.4) is 0 Å². The Morgan fingerprint density at radius 3 is 2.43 bits per heavy atom. The van der Waals surface area contributed by atoms with Gasteiger partial charge >= 0.3 is 0 Å². The van der Waals surface area contributed by atoms with E-state index >= 15 is 0 Å². The molecule has 0 fully saturated rings. The molecule has 0 aliphatic carbocycles. The van der Waals surface area contributed by atoms with Crippen LogP contribution in [0.1, 0.15) is 18.9 Å². The van der Waals surface area contributed by atoms with E-state index < -0.39 is 10.1 Å². The van der Waals surface area contributed by atoms with Crippen LogP contribution in [0.4, 0.5) is 0 Å². The first-order valence-corrected chi connectivity index (χ1v) is 8.93. The number of aryl methyl sites for hydroxylation is 1. The van der Waals surface area contributed by atoms with Crippen molar-refractivity contribution in [1.29, 1.82) is 0 Å². The molecular weight excluding hydrogens is 328 g/mol. The summed E-state index contributed by atoms with van der Waals surface area (Å²) in [4.78, 5) is 3.15. The molecule has 0 spiro atoms. The van der Waals surface area contributed by atoms with E-state index in [2.05, 4.69) is 4.98 Å². The molecule has 23 heavy (non-hydrogen) atoms. The van der Waals surface area contributed by atoms with Gasteiger partial charge < -0.3 is 23.9 Å². The predicted molar refractivity (Wildman–Crippen MR) is 80.7 cm³/mol. The Kier molecular flexibility index (Phi) is 11.8. The first-order chi connectivity index (χ1) is 10.8. The third kappa shape index (κ3) is 13.1. The van der Waals surface area contributed by atoms with Crippen LogP contribution in [0.5, 0.6) is 0 Å². The summed E-state index contributed by atoms with van der Waals surface area (Å²) in [5, 5.41) is 8.54. The van der Waals surface area contributed by atoms with Gasteiger partial charge in [-0.3, -0.25) is 0 Å². The van der Waals surface area contributed by atoms with Crippen molar-refractivity contribution in [3.63, 3.8) is 0 Å². The van der Waals surface area contributed by atoms with Crippen LogP contribution in [-0.2, 0) is 31.4 Å². The van der Waals surface area contributed by atoms with E-state index in [4.69, 9.17) is 32.3 Å². The highest BCUT2D eigenvalue weighted by Crippen LogP contribution is 2.11. The van der Waals surface area contributed by atoms with Crippen LogP contribution in [-0.4, -0.2) is 69.0 Å². The highest BCUT2D eigenvalue weighted by Gasteiger charge is 2.21. The molecule has 2 N–H and O–H groups in total. The molecule has 1 rings (SSSR count). The van der Waals surface area contributed by atoms with E-state index in [0.717, 1.165) is 5.82 Å². The third-order valence-corrected chi connectivity index (χ3v) is 2.46. The van der Waals surface area contributed by atoms with Crippen molar-refractivity contribution in [1.82, 2.24) is 4.98 Å². The van der Waals surface area contributed by atoms with Crippen LogP contribution < -0.4 is 4.57 Å². The lowest BCUT2D eigenvalue weighted by Crippen LogP contribution is -2.34. The Hall–Kier alpha value is -1.04. The smallest absolute Gasteiger partial charge is 0.286 e. The van der Waals surface area contributed by atoms with Gasteiger partial charge in [0.15, 0.2) is 6.10 Å². The Morgan fingerprint density at radius 1 is 1.35 bits per heavy atom. The summed E-state index contributed by atoms with van der Waals surface area (Å²) < 4.78 is 45.5. The van der Waals surface area contributed by atoms with E-state index in [-0.39, 0.29) is 12.7 Å². The molecule has 1 aromatic heterocycles. The molecular formula is C13H26N2O7S. The van der Waals surface area contributed by atoms with Gasteiger partial charge in [0.05, 0.1) is 50.2 Å². The maximum atomic E-state index is 9.08. The van der Waals surface area contributed by atoms with Gasteiger partial charge in [-0.15, -0.1) is 0 Å². The van der Waals surface area contributed by atoms with Crippen molar-refractivity contribution in [2.75, 3.05) is 45.9 Å². The lowest BCUT2D eigenvalue weighted by molar-refractivity contribution is -0.682. The fourth-order valence-corrected chi connectivity index (χ4v) is 1.62. The van der Waals surface area contributed by atoms with Crippen molar-refractivity contribution in [3.8, 4) is 0 Å². The summed E-state index contributed by atoms with van der Waals surface area (Å²) in [7, 11) is -1.96. The molecule has 1 aromatic rings. The fraction of sp³-hybridized carbons (Fsp3) is 0.769. The van der Waals surface area contributed by atoms with E-state index in [1.165, 1.54) is 0 Å². The number of aliphatic hydroxyl groups is 1. The number of hydrogen-bond donors (Lipinski definition) is 2. The zero-order valence-electron chi connectivity index (χ0n) is 13.7. The van der Waals surface area contributed by atoms with Gasteiger partial charge in [0.25, 0.3) is 5.82 Å². The molecule has 9 nitrogen and oxygen atoms in total. The maximum Gasteiger partial charge on any atom is 0.286 e. The molecule has 0 aromatic carbocycles. The van der Waals surface area contributed by atoms with Crippen LogP contribution in [0.2, 0.25) is 0 Å². The Bertz CT molecular complexity index is 496. The molecule has 0 saturated carbocycles. The first kappa shape index (κ1) is 22.0. The molecule has 0 radical (unpaired) electrons. The topological polar surface area (TPSA) is 125 Å². The first-order valence-electron chi connectivity index (χ1n) is 7.11. The van der Waals surface area contributed by atoms with E-state index in [9.17, 15) is 0 Å². The summed E-state index contributed by atoms with van der Waals surface area (Å²) in [6.07, 6.45) is 4.30. The van der Waals surface area contributed by atoms with Crippen molar-refractivity contribution in [2.24, 2.45) is 7.05 Å². The summed E-state index contributed by atoms with van der Waals surface area (Å²) in [6, 6.07) is 0. The number of nitrogens with one attached hydrogen (secondary N) is 1. The second kappa shape index (κ2) is 12.4. The Morgan fingerprint density at radius 2 is 1.96 bits per heavy atom. The molecule has 0 aliphatic rings. The number of rotatable bonds is 10. The highest BCUT2D eigenvalue weighted by atomic mass is 32.2. The van der Waals surface area contributed by atoms with Crippen LogP contribution >= 0.6 is 0 Å². The number of H-pyrrole nitrogens is 1. The number of hydrogen-bond acceptors (Lipinski definition) is 7. The number of aliphatic hydroxyl groups excluding tert-OH is 1. The average molecular weight is 354 g/mol. The highest BCUT2D eigenvalue weighted by molar-refractivity contribution is 7.84. The lowest BCUT2D eigenvalue weighted by Gasteiger charge is -2.13. The zero-order valence-corrected chi connectivity index (χ0v) is 14.5. The van der Waals surface area contributed by atoms with Crippen molar-refractivity contribution in [2.45, 2.75) is 13.0 Å². The minimum absolute atomic E-state index is 0.0415. The summed E-state index contributed by atoms with van der Waals surface area (Å²) in [5.41, 5.74) is 0. The molecule has 1 atom stereocenters. The molecule has 0 amide bonds. The van der Waals surface area contributed by atoms with E-state index in [1.807, 2.05) is 30.9 Å². The third-order valence-electron chi connectivity index (χ3n) is 2.46. The van der Waals surface area contributed by atoms with Crippen molar-refractivity contribution >= 4 is 10.1 Å². The van der Waals surface area contributed by atoms with Gasteiger partial charge in [0, 0.05) is 12.9 Å². The average Bonchev–Trinajstić information content (AvgIpc) is 2.86. The van der Waals surface area contributed by atoms with Gasteiger partial charge in [0.1, 0.15) is 12.4 Å². The summed E-state index contributed by atoms with van der Waals surface area (Å²) in [6.45, 7) is 4.44. The molecule has 0 aliphatic heterocycles. The van der Waals surface area contributed by atoms with E-state index in [1.54, 1.807) is 0 Å². The molecule has 0 saturated heterocycles. The van der Waals surface area contributed by atoms with Crippen LogP contribution in [0.15, 0.2) is 12.4 Å². The SMILES string of the molecule is CCOC(COCCOCCO)c1[nH]cc[n+]1C.CS(=O)(=O)[O-]. The minimum Gasteiger partial charge on any atom is -0.748 e. The summed E-state index contributed by atoms with van der Waals surface area (Å²) in [5.74, 6) is 0.980. The fourth-order valence-electron chi connectivity index (χ4n) is 1.62. The number of aromatic amines is 1. The van der Waals surface area contributed by atoms with Gasteiger partial charge in [0.2, 0.25) is 0 Å².